The number of primary amides is 1. The van der Waals surface area contributed by atoms with E-state index in [4.69, 9.17) is 10.8 Å². The van der Waals surface area contributed by atoms with Crippen LogP contribution in [0.3, 0.4) is 0 Å². The standard InChI is InChI=1S/C12H11N3O3S/c13-11(18)7-1-3-8(4-2-7)14-12-15-9(6-19-12)5-10(16)17/h1-4,6H,5H2,(H2,13,18)(H,14,15)(H,16,17). The molecule has 4 N–H and O–H groups in total. The zero-order valence-corrected chi connectivity index (χ0v) is 10.6. The van der Waals surface area contributed by atoms with Gasteiger partial charge in [-0.05, 0) is 24.3 Å². The molecule has 2 aromatic rings. The van der Waals surface area contributed by atoms with Gasteiger partial charge in [0.05, 0.1) is 12.1 Å². The molecule has 0 atom stereocenters. The number of nitrogens with two attached hydrogens (primary N) is 1. The molecule has 0 fully saturated rings. The monoisotopic (exact) mass is 277 g/mol. The average Bonchev–Trinajstić information content (AvgIpc) is 2.76. The van der Waals surface area contributed by atoms with Crippen molar-refractivity contribution in [3.63, 3.8) is 0 Å². The minimum atomic E-state index is -0.914. The van der Waals surface area contributed by atoms with Crippen molar-refractivity contribution < 1.29 is 14.7 Å². The van der Waals surface area contributed by atoms with Gasteiger partial charge in [0.25, 0.3) is 0 Å². The molecule has 1 aromatic heterocycles. The van der Waals surface area contributed by atoms with Gasteiger partial charge in [0, 0.05) is 16.6 Å². The molecule has 7 heteroatoms. The van der Waals surface area contributed by atoms with Crippen LogP contribution >= 0.6 is 11.3 Å². The van der Waals surface area contributed by atoms with Crippen LogP contribution in [0.5, 0.6) is 0 Å². The Balaban J connectivity index is 2.06. The van der Waals surface area contributed by atoms with Crippen LogP contribution in [-0.4, -0.2) is 22.0 Å². The number of carbonyl (C=O) groups excluding carboxylic acids is 1. The van der Waals surface area contributed by atoms with E-state index in [2.05, 4.69) is 10.3 Å². The summed E-state index contributed by atoms with van der Waals surface area (Å²) in [6.45, 7) is 0. The van der Waals surface area contributed by atoms with Crippen molar-refractivity contribution in [2.45, 2.75) is 6.42 Å². The minimum Gasteiger partial charge on any atom is -0.481 e. The SMILES string of the molecule is NC(=O)c1ccc(Nc2nc(CC(=O)O)cs2)cc1. The van der Waals surface area contributed by atoms with Crippen molar-refractivity contribution in [3.8, 4) is 0 Å². The van der Waals surface area contributed by atoms with E-state index in [-0.39, 0.29) is 6.42 Å². The molecule has 2 rings (SSSR count). The van der Waals surface area contributed by atoms with Crippen LogP contribution in [0.4, 0.5) is 10.8 Å². The quantitative estimate of drug-likeness (QED) is 0.770. The van der Waals surface area contributed by atoms with Gasteiger partial charge in [0.1, 0.15) is 0 Å². The van der Waals surface area contributed by atoms with E-state index in [1.807, 2.05) is 0 Å². The van der Waals surface area contributed by atoms with Gasteiger partial charge >= 0.3 is 5.97 Å². The number of hydrogen-bond acceptors (Lipinski definition) is 5. The molecule has 0 spiro atoms. The number of aromatic nitrogens is 1. The van der Waals surface area contributed by atoms with Gasteiger partial charge in [0.2, 0.25) is 5.91 Å². The molecule has 0 saturated heterocycles. The Kier molecular flexibility index (Phi) is 3.76. The molecule has 6 nitrogen and oxygen atoms in total. The molecule has 0 bridgehead atoms. The number of carbonyl (C=O) groups is 2. The van der Waals surface area contributed by atoms with Gasteiger partial charge < -0.3 is 16.2 Å². The van der Waals surface area contributed by atoms with Crippen LogP contribution in [0, 0.1) is 0 Å². The van der Waals surface area contributed by atoms with Crippen LogP contribution in [0.25, 0.3) is 0 Å². The topological polar surface area (TPSA) is 105 Å². The second-order valence-electron chi connectivity index (χ2n) is 3.78. The fraction of sp³-hybridized carbons (Fsp3) is 0.0833. The molecular formula is C12H11N3O3S. The minimum absolute atomic E-state index is 0.0984. The molecule has 0 aliphatic rings. The summed E-state index contributed by atoms with van der Waals surface area (Å²) < 4.78 is 0. The first-order valence-electron chi connectivity index (χ1n) is 5.37. The Bertz CT molecular complexity index is 607. The summed E-state index contributed by atoms with van der Waals surface area (Å²) in [6.07, 6.45) is -0.0984. The normalized spacial score (nSPS) is 10.1. The Labute approximate surface area is 112 Å². The number of nitrogens with one attached hydrogen (secondary N) is 1. The van der Waals surface area contributed by atoms with E-state index in [0.29, 0.717) is 16.4 Å². The summed E-state index contributed by atoms with van der Waals surface area (Å²) in [5.74, 6) is -1.40. The van der Waals surface area contributed by atoms with Crippen LogP contribution < -0.4 is 11.1 Å². The highest BCUT2D eigenvalue weighted by atomic mass is 32.1. The Morgan fingerprint density at radius 3 is 2.58 bits per heavy atom. The maximum atomic E-state index is 10.9. The predicted molar refractivity (Wildman–Crippen MR) is 71.7 cm³/mol. The zero-order chi connectivity index (χ0) is 13.8. The lowest BCUT2D eigenvalue weighted by Crippen LogP contribution is -2.10. The van der Waals surface area contributed by atoms with E-state index in [0.717, 1.165) is 5.69 Å². The first-order valence-corrected chi connectivity index (χ1v) is 6.25. The fourth-order valence-electron chi connectivity index (χ4n) is 1.44. The van der Waals surface area contributed by atoms with E-state index < -0.39 is 11.9 Å². The van der Waals surface area contributed by atoms with Gasteiger partial charge in [-0.25, -0.2) is 4.98 Å². The Morgan fingerprint density at radius 1 is 1.32 bits per heavy atom. The number of anilines is 2. The second-order valence-corrected chi connectivity index (χ2v) is 4.64. The lowest BCUT2D eigenvalue weighted by Gasteiger charge is -2.02. The van der Waals surface area contributed by atoms with Crippen LogP contribution in [0.15, 0.2) is 29.6 Å². The maximum Gasteiger partial charge on any atom is 0.309 e. The summed E-state index contributed by atoms with van der Waals surface area (Å²) in [5, 5.41) is 14.0. The number of aliphatic carboxylic acids is 1. The van der Waals surface area contributed by atoms with Gasteiger partial charge in [0.15, 0.2) is 5.13 Å². The van der Waals surface area contributed by atoms with Crippen molar-refractivity contribution >= 4 is 34.0 Å². The molecule has 1 aromatic carbocycles. The van der Waals surface area contributed by atoms with Gasteiger partial charge in [-0.15, -0.1) is 11.3 Å². The number of carboxylic acids is 1. The zero-order valence-electron chi connectivity index (χ0n) is 9.79. The number of rotatable bonds is 5. The van der Waals surface area contributed by atoms with E-state index in [1.165, 1.54) is 11.3 Å². The molecule has 19 heavy (non-hydrogen) atoms. The molecule has 0 radical (unpaired) electrons. The molecular weight excluding hydrogens is 266 g/mol. The molecule has 1 amide bonds. The molecule has 1 heterocycles. The van der Waals surface area contributed by atoms with Crippen LogP contribution in [0.2, 0.25) is 0 Å². The third-order valence-corrected chi connectivity index (χ3v) is 3.11. The van der Waals surface area contributed by atoms with Crippen molar-refractivity contribution in [2.75, 3.05) is 5.32 Å². The molecule has 98 valence electrons. The summed E-state index contributed by atoms with van der Waals surface area (Å²) in [6, 6.07) is 6.63. The highest BCUT2D eigenvalue weighted by Crippen LogP contribution is 2.21. The molecule has 0 saturated carbocycles. The molecule has 0 unspecified atom stereocenters. The second kappa shape index (κ2) is 5.49. The van der Waals surface area contributed by atoms with Gasteiger partial charge in [-0.1, -0.05) is 0 Å². The Hall–Kier alpha value is -2.41. The Morgan fingerprint density at radius 2 is 2.00 bits per heavy atom. The number of amides is 1. The smallest absolute Gasteiger partial charge is 0.309 e. The first-order chi connectivity index (χ1) is 9.04. The number of carboxylic acid groups (broad SMARTS) is 1. The third-order valence-electron chi connectivity index (χ3n) is 2.30. The summed E-state index contributed by atoms with van der Waals surface area (Å²) >= 11 is 1.32. The van der Waals surface area contributed by atoms with Crippen LogP contribution in [0.1, 0.15) is 16.1 Å². The van der Waals surface area contributed by atoms with Gasteiger partial charge in [-0.3, -0.25) is 9.59 Å². The van der Waals surface area contributed by atoms with Crippen molar-refractivity contribution in [1.29, 1.82) is 0 Å². The van der Waals surface area contributed by atoms with Crippen molar-refractivity contribution in [1.82, 2.24) is 4.98 Å². The number of thiazole rings is 1. The lowest BCUT2D eigenvalue weighted by molar-refractivity contribution is -0.136. The number of nitrogens with zero attached hydrogens (tertiary/aromatic N) is 1. The highest BCUT2D eigenvalue weighted by molar-refractivity contribution is 7.13. The fourth-order valence-corrected chi connectivity index (χ4v) is 2.17. The third kappa shape index (κ3) is 3.52. The van der Waals surface area contributed by atoms with E-state index in [9.17, 15) is 9.59 Å². The van der Waals surface area contributed by atoms with E-state index in [1.54, 1.807) is 29.6 Å². The van der Waals surface area contributed by atoms with Crippen LogP contribution in [-0.2, 0) is 11.2 Å². The van der Waals surface area contributed by atoms with Crippen molar-refractivity contribution in [3.05, 3.63) is 40.9 Å². The maximum absolute atomic E-state index is 10.9. The summed E-state index contributed by atoms with van der Waals surface area (Å²) in [7, 11) is 0. The summed E-state index contributed by atoms with van der Waals surface area (Å²) in [4.78, 5) is 25.6. The average molecular weight is 277 g/mol. The summed E-state index contributed by atoms with van der Waals surface area (Å²) in [5.41, 5.74) is 6.83. The predicted octanol–water partition coefficient (Wildman–Crippen LogP) is 1.61. The highest BCUT2D eigenvalue weighted by Gasteiger charge is 2.06. The molecule has 0 aliphatic carbocycles. The van der Waals surface area contributed by atoms with Crippen molar-refractivity contribution in [2.24, 2.45) is 5.73 Å². The number of hydrogen-bond donors (Lipinski definition) is 3. The van der Waals surface area contributed by atoms with Gasteiger partial charge in [-0.2, -0.15) is 0 Å². The number of benzene rings is 1. The lowest BCUT2D eigenvalue weighted by atomic mass is 10.2. The first kappa shape index (κ1) is 13.0. The largest absolute Gasteiger partial charge is 0.481 e. The molecule has 0 aliphatic heterocycles. The van der Waals surface area contributed by atoms with E-state index >= 15 is 0 Å².